The molecule has 1 saturated carbocycles. The van der Waals surface area contributed by atoms with Crippen LogP contribution >= 0.6 is 23.2 Å². The fraction of sp³-hybridized carbons (Fsp3) is 0.524. The van der Waals surface area contributed by atoms with Gasteiger partial charge in [-0.05, 0) is 85.3 Å². The first-order valence-electron chi connectivity index (χ1n) is 9.19. The number of hydrogen-bond acceptors (Lipinski definition) is 1. The summed E-state index contributed by atoms with van der Waals surface area (Å²) in [4.78, 5) is 0. The predicted octanol–water partition coefficient (Wildman–Crippen LogP) is 6.44. The van der Waals surface area contributed by atoms with Gasteiger partial charge in [0.2, 0.25) is 0 Å². The molecule has 0 radical (unpaired) electrons. The number of allylic oxidation sites excluding steroid dienone is 4. The summed E-state index contributed by atoms with van der Waals surface area (Å²) in [6, 6.07) is 1.98. The quantitative estimate of drug-likeness (QED) is 0.570. The molecule has 3 aliphatic carbocycles. The summed E-state index contributed by atoms with van der Waals surface area (Å²) in [5, 5.41) is 11.4. The topological polar surface area (TPSA) is 20.2 Å². The highest BCUT2D eigenvalue weighted by Gasteiger charge is 2.33. The van der Waals surface area contributed by atoms with Crippen LogP contribution in [0.15, 0.2) is 23.3 Å². The maximum atomic E-state index is 10.9. The van der Waals surface area contributed by atoms with Crippen LogP contribution in [-0.2, 0) is 12.8 Å². The molecule has 1 nitrogen and oxygen atoms in total. The fourth-order valence-corrected chi connectivity index (χ4v) is 5.22. The van der Waals surface area contributed by atoms with E-state index in [4.69, 9.17) is 23.2 Å². The Kier molecular flexibility index (Phi) is 4.43. The molecule has 1 aromatic rings. The van der Waals surface area contributed by atoms with Crippen LogP contribution in [0.4, 0.5) is 0 Å². The summed E-state index contributed by atoms with van der Waals surface area (Å²) in [7, 11) is 0. The Labute approximate surface area is 154 Å². The third kappa shape index (κ3) is 2.61. The van der Waals surface area contributed by atoms with Crippen molar-refractivity contribution in [3.63, 3.8) is 0 Å². The monoisotopic (exact) mass is 362 g/mol. The van der Waals surface area contributed by atoms with Gasteiger partial charge in [0, 0.05) is 11.5 Å². The lowest BCUT2D eigenvalue weighted by molar-refractivity contribution is 0.470. The molecule has 2 atom stereocenters. The molecule has 0 saturated heterocycles. The maximum absolute atomic E-state index is 10.9. The zero-order valence-electron chi connectivity index (χ0n) is 14.2. The van der Waals surface area contributed by atoms with Crippen molar-refractivity contribution < 1.29 is 5.11 Å². The van der Waals surface area contributed by atoms with Gasteiger partial charge in [-0.3, -0.25) is 0 Å². The highest BCUT2D eigenvalue weighted by Crippen LogP contribution is 2.50. The molecule has 24 heavy (non-hydrogen) atoms. The number of phenols is 1. The largest absolute Gasteiger partial charge is 0.506 e. The molecular formula is C21H24Cl2O. The van der Waals surface area contributed by atoms with E-state index in [0.717, 1.165) is 31.2 Å². The Morgan fingerprint density at radius 3 is 2.58 bits per heavy atom. The molecule has 3 heteroatoms. The number of fused-ring (bicyclic) bond motifs is 2. The number of aryl methyl sites for hydroxylation is 1. The summed E-state index contributed by atoms with van der Waals surface area (Å²) in [5.41, 5.74) is 7.74. The number of rotatable bonds is 1. The third-order valence-corrected chi connectivity index (χ3v) is 6.77. The molecule has 0 spiro atoms. The molecule has 0 heterocycles. The van der Waals surface area contributed by atoms with E-state index in [9.17, 15) is 5.11 Å². The van der Waals surface area contributed by atoms with E-state index < -0.39 is 0 Å². The first kappa shape index (κ1) is 16.5. The highest BCUT2D eigenvalue weighted by atomic mass is 35.5. The van der Waals surface area contributed by atoms with Crippen LogP contribution in [0.25, 0.3) is 5.57 Å². The Morgan fingerprint density at radius 1 is 1.04 bits per heavy atom. The molecule has 1 aromatic carbocycles. The van der Waals surface area contributed by atoms with Crippen molar-refractivity contribution in [1.82, 2.24) is 0 Å². The molecular weight excluding hydrogens is 339 g/mol. The molecule has 4 rings (SSSR count). The first-order chi connectivity index (χ1) is 11.6. The van der Waals surface area contributed by atoms with E-state index in [2.05, 4.69) is 13.0 Å². The summed E-state index contributed by atoms with van der Waals surface area (Å²) >= 11 is 13.1. The number of halogens is 2. The first-order valence-corrected chi connectivity index (χ1v) is 10.0. The van der Waals surface area contributed by atoms with Gasteiger partial charge in [-0.25, -0.2) is 0 Å². The second kappa shape index (κ2) is 6.42. The predicted molar refractivity (Wildman–Crippen MR) is 102 cm³/mol. The van der Waals surface area contributed by atoms with Gasteiger partial charge < -0.3 is 5.11 Å². The van der Waals surface area contributed by atoms with Crippen LogP contribution in [0.3, 0.4) is 0 Å². The van der Waals surface area contributed by atoms with Crippen molar-refractivity contribution >= 4 is 28.8 Å². The van der Waals surface area contributed by atoms with Crippen LogP contribution in [0.5, 0.6) is 5.75 Å². The van der Waals surface area contributed by atoms with Crippen molar-refractivity contribution in [1.29, 1.82) is 0 Å². The maximum Gasteiger partial charge on any atom is 0.141 e. The second-order valence-corrected chi connectivity index (χ2v) is 8.36. The smallest absolute Gasteiger partial charge is 0.141 e. The average Bonchev–Trinajstić information content (AvgIpc) is 2.58. The van der Waals surface area contributed by atoms with Gasteiger partial charge in [0.05, 0.1) is 10.4 Å². The molecule has 0 aliphatic heterocycles. The van der Waals surface area contributed by atoms with Crippen molar-refractivity contribution in [3.8, 4) is 5.75 Å². The van der Waals surface area contributed by atoms with E-state index >= 15 is 0 Å². The Bertz CT molecular complexity index is 745. The van der Waals surface area contributed by atoms with Gasteiger partial charge in [0.25, 0.3) is 0 Å². The van der Waals surface area contributed by atoms with E-state index in [-0.39, 0.29) is 17.0 Å². The summed E-state index contributed by atoms with van der Waals surface area (Å²) < 4.78 is 0. The van der Waals surface area contributed by atoms with Crippen molar-refractivity contribution in [2.75, 3.05) is 0 Å². The van der Waals surface area contributed by atoms with Gasteiger partial charge in [-0.2, -0.15) is 0 Å². The molecule has 0 amide bonds. The molecule has 0 bridgehead atoms. The Hall–Kier alpha value is -0.920. The van der Waals surface area contributed by atoms with E-state index in [1.807, 2.05) is 6.07 Å². The lowest BCUT2D eigenvalue weighted by Crippen LogP contribution is -2.22. The number of benzene rings is 1. The van der Waals surface area contributed by atoms with Crippen LogP contribution in [0, 0.1) is 5.92 Å². The number of alkyl halides is 1. The van der Waals surface area contributed by atoms with Crippen LogP contribution in [0.2, 0.25) is 5.02 Å². The lowest BCUT2D eigenvalue weighted by Gasteiger charge is -2.35. The minimum atomic E-state index is -0.00512. The number of phenolic OH excluding ortho intramolecular Hbond substituents is 1. The third-order valence-electron chi connectivity index (χ3n) is 5.97. The standard InChI is InChI=1S/C21H24Cl2O/c1-12-17(22)10-13-6-2-4-8-15(13)19(12)20-16-9-5-3-7-14(16)11-18(23)21(20)24/h10-12,17,24H,2-9H2,1H3/t12-,17-/m0/s1. The van der Waals surface area contributed by atoms with Crippen molar-refractivity contribution in [2.45, 2.75) is 63.7 Å². The molecule has 0 unspecified atom stereocenters. The van der Waals surface area contributed by atoms with Gasteiger partial charge in [-0.1, -0.05) is 24.6 Å². The fourth-order valence-electron chi connectivity index (χ4n) is 4.72. The van der Waals surface area contributed by atoms with Crippen LogP contribution in [0.1, 0.15) is 62.1 Å². The van der Waals surface area contributed by atoms with Crippen LogP contribution < -0.4 is 0 Å². The zero-order chi connectivity index (χ0) is 16.8. The number of hydrogen-bond donors (Lipinski definition) is 1. The Balaban J connectivity index is 1.98. The van der Waals surface area contributed by atoms with Crippen LogP contribution in [-0.4, -0.2) is 10.5 Å². The van der Waals surface area contributed by atoms with Gasteiger partial charge in [-0.15, -0.1) is 11.6 Å². The minimum absolute atomic E-state index is 0.00512. The normalized spacial score (nSPS) is 26.7. The molecule has 128 valence electrons. The number of aromatic hydroxyl groups is 1. The SMILES string of the molecule is C[C@@H]1C(c2c(O)c(Cl)cc3c2CCCC3)=C2CCCCC2=C[C@@H]1Cl. The molecule has 1 fully saturated rings. The van der Waals surface area contributed by atoms with Gasteiger partial charge in [0.1, 0.15) is 5.75 Å². The minimum Gasteiger partial charge on any atom is -0.506 e. The summed E-state index contributed by atoms with van der Waals surface area (Å²) in [6.07, 6.45) is 11.4. The highest BCUT2D eigenvalue weighted by molar-refractivity contribution is 6.32. The molecule has 3 aliphatic rings. The average molecular weight is 363 g/mol. The van der Waals surface area contributed by atoms with Gasteiger partial charge >= 0.3 is 0 Å². The lowest BCUT2D eigenvalue weighted by atomic mass is 9.72. The van der Waals surface area contributed by atoms with Crippen molar-refractivity contribution in [3.05, 3.63) is 45.0 Å². The van der Waals surface area contributed by atoms with Gasteiger partial charge in [0.15, 0.2) is 0 Å². The summed E-state index contributed by atoms with van der Waals surface area (Å²) in [6.45, 7) is 2.19. The Morgan fingerprint density at radius 2 is 1.75 bits per heavy atom. The van der Waals surface area contributed by atoms with E-state index in [1.165, 1.54) is 53.5 Å². The summed E-state index contributed by atoms with van der Waals surface area (Å²) in [5.74, 6) is 0.473. The van der Waals surface area contributed by atoms with E-state index in [1.54, 1.807) is 0 Å². The van der Waals surface area contributed by atoms with Crippen molar-refractivity contribution in [2.24, 2.45) is 5.92 Å². The zero-order valence-corrected chi connectivity index (χ0v) is 15.7. The molecule has 1 N–H and O–H groups in total. The second-order valence-electron chi connectivity index (χ2n) is 7.45. The molecule has 0 aromatic heterocycles. The van der Waals surface area contributed by atoms with E-state index in [0.29, 0.717) is 5.02 Å².